The fraction of sp³-hybridized carbons (Fsp3) is 0.100. The second-order valence-corrected chi connectivity index (χ2v) is 4.50. The van der Waals surface area contributed by atoms with Crippen molar-refractivity contribution in [3.63, 3.8) is 0 Å². The van der Waals surface area contributed by atoms with Crippen LogP contribution in [0.5, 0.6) is 0 Å². The van der Waals surface area contributed by atoms with E-state index in [1.165, 1.54) is 0 Å². The lowest BCUT2D eigenvalue weighted by Crippen LogP contribution is -1.96. The highest BCUT2D eigenvalue weighted by Gasteiger charge is 2.15. The van der Waals surface area contributed by atoms with Gasteiger partial charge in [-0.3, -0.25) is 0 Å². The predicted octanol–water partition coefficient (Wildman–Crippen LogP) is 3.59. The van der Waals surface area contributed by atoms with Crippen LogP contribution < -0.4 is 0 Å². The van der Waals surface area contributed by atoms with Crippen molar-refractivity contribution >= 4 is 44.4 Å². The number of benzene rings is 1. The van der Waals surface area contributed by atoms with Gasteiger partial charge in [0.15, 0.2) is 0 Å². The minimum Gasteiger partial charge on any atom is -0.478 e. The second-order valence-electron chi connectivity index (χ2n) is 3.24. The number of aromatic nitrogens is 1. The highest BCUT2D eigenvalue weighted by molar-refractivity contribution is 9.10. The molecular formula is C10H7BrClNO2. The lowest BCUT2D eigenvalue weighted by atomic mass is 10.1. The van der Waals surface area contributed by atoms with Crippen molar-refractivity contribution in [2.75, 3.05) is 0 Å². The van der Waals surface area contributed by atoms with Crippen LogP contribution in [0.2, 0.25) is 5.02 Å². The molecule has 0 atom stereocenters. The van der Waals surface area contributed by atoms with Gasteiger partial charge in [0.2, 0.25) is 0 Å². The zero-order valence-electron chi connectivity index (χ0n) is 7.77. The molecule has 0 saturated heterocycles. The molecule has 0 bridgehead atoms. The number of carboxylic acids is 1. The molecule has 2 N–H and O–H groups in total. The number of aryl methyl sites for hydroxylation is 1. The summed E-state index contributed by atoms with van der Waals surface area (Å²) in [6, 6.07) is 3.42. The molecule has 0 amide bonds. The fourth-order valence-corrected chi connectivity index (χ4v) is 2.11. The Kier molecular flexibility index (Phi) is 2.48. The Morgan fingerprint density at radius 3 is 2.80 bits per heavy atom. The van der Waals surface area contributed by atoms with Crippen molar-refractivity contribution < 1.29 is 9.90 Å². The zero-order chi connectivity index (χ0) is 11.2. The molecule has 2 aromatic rings. The van der Waals surface area contributed by atoms with Crippen LogP contribution in [0.1, 0.15) is 16.1 Å². The number of hydrogen-bond acceptors (Lipinski definition) is 1. The van der Waals surface area contributed by atoms with E-state index in [0.29, 0.717) is 16.1 Å². The molecular weight excluding hydrogens is 281 g/mol. The molecule has 1 aromatic heterocycles. The predicted molar refractivity (Wildman–Crippen MR) is 62.7 cm³/mol. The smallest absolute Gasteiger partial charge is 0.338 e. The van der Waals surface area contributed by atoms with Gasteiger partial charge in [-0.1, -0.05) is 11.6 Å². The fourth-order valence-electron chi connectivity index (χ4n) is 1.60. The second kappa shape index (κ2) is 3.54. The molecule has 0 spiro atoms. The van der Waals surface area contributed by atoms with Crippen molar-refractivity contribution in [2.24, 2.45) is 0 Å². The Bertz CT molecular complexity index is 562. The molecule has 0 fully saturated rings. The number of hydrogen-bond donors (Lipinski definition) is 2. The Hall–Kier alpha value is -1.00. The zero-order valence-corrected chi connectivity index (χ0v) is 10.1. The van der Waals surface area contributed by atoms with Gasteiger partial charge in [0, 0.05) is 21.1 Å². The standard InChI is InChI=1S/C10H7BrClNO2/c1-4-9(10(14)15)5-2-7(12)6(11)3-8(5)13-4/h2-3,13H,1H3,(H,14,15). The number of halogens is 2. The number of nitrogens with one attached hydrogen (secondary N) is 1. The van der Waals surface area contributed by atoms with Gasteiger partial charge >= 0.3 is 5.97 Å². The number of H-pyrrole nitrogens is 1. The number of carboxylic acid groups (broad SMARTS) is 1. The van der Waals surface area contributed by atoms with Gasteiger partial charge in [0.25, 0.3) is 0 Å². The van der Waals surface area contributed by atoms with E-state index in [4.69, 9.17) is 16.7 Å². The summed E-state index contributed by atoms with van der Waals surface area (Å²) in [5.41, 5.74) is 1.67. The summed E-state index contributed by atoms with van der Waals surface area (Å²) >= 11 is 9.21. The third-order valence-electron chi connectivity index (χ3n) is 2.24. The van der Waals surface area contributed by atoms with Crippen molar-refractivity contribution in [3.8, 4) is 0 Å². The number of carbonyl (C=O) groups is 1. The highest BCUT2D eigenvalue weighted by Crippen LogP contribution is 2.31. The number of aromatic carboxylic acids is 1. The van der Waals surface area contributed by atoms with Gasteiger partial charge < -0.3 is 10.1 Å². The van der Waals surface area contributed by atoms with Crippen LogP contribution in [-0.4, -0.2) is 16.1 Å². The Morgan fingerprint density at radius 2 is 2.20 bits per heavy atom. The topological polar surface area (TPSA) is 53.1 Å². The van der Waals surface area contributed by atoms with Gasteiger partial charge in [0.1, 0.15) is 0 Å². The molecule has 0 aliphatic rings. The van der Waals surface area contributed by atoms with Gasteiger partial charge in [-0.15, -0.1) is 0 Å². The van der Waals surface area contributed by atoms with Crippen molar-refractivity contribution in [1.82, 2.24) is 4.98 Å². The molecule has 5 heteroatoms. The first-order valence-electron chi connectivity index (χ1n) is 4.21. The maximum atomic E-state index is 11.0. The summed E-state index contributed by atoms with van der Waals surface area (Å²) in [5, 5.41) is 10.2. The SMILES string of the molecule is Cc1[nH]c2cc(Br)c(Cl)cc2c1C(=O)O. The van der Waals surface area contributed by atoms with E-state index in [-0.39, 0.29) is 5.56 Å². The lowest BCUT2D eigenvalue weighted by molar-refractivity contribution is 0.0698. The molecule has 15 heavy (non-hydrogen) atoms. The Balaban J connectivity index is 2.87. The molecule has 0 saturated carbocycles. The van der Waals surface area contributed by atoms with Crippen LogP contribution in [0.15, 0.2) is 16.6 Å². The highest BCUT2D eigenvalue weighted by atomic mass is 79.9. The normalized spacial score (nSPS) is 10.9. The van der Waals surface area contributed by atoms with Crippen LogP contribution in [0.25, 0.3) is 10.9 Å². The first-order chi connectivity index (χ1) is 7.00. The average molecular weight is 289 g/mol. The van der Waals surface area contributed by atoms with Gasteiger partial charge in [0.05, 0.1) is 10.6 Å². The molecule has 1 heterocycles. The Morgan fingerprint density at radius 1 is 1.53 bits per heavy atom. The van der Waals surface area contributed by atoms with Gasteiger partial charge in [-0.05, 0) is 35.0 Å². The van der Waals surface area contributed by atoms with Crippen LogP contribution in [-0.2, 0) is 0 Å². The third kappa shape index (κ3) is 1.64. The molecule has 3 nitrogen and oxygen atoms in total. The number of rotatable bonds is 1. The Labute approximate surface area is 99.2 Å². The van der Waals surface area contributed by atoms with Crippen molar-refractivity contribution in [1.29, 1.82) is 0 Å². The molecule has 2 rings (SSSR count). The van der Waals surface area contributed by atoms with Crippen molar-refractivity contribution in [3.05, 3.63) is 32.9 Å². The van der Waals surface area contributed by atoms with E-state index in [1.54, 1.807) is 19.1 Å². The number of aromatic amines is 1. The summed E-state index contributed by atoms with van der Waals surface area (Å²) in [6.07, 6.45) is 0. The van der Waals surface area contributed by atoms with E-state index in [0.717, 1.165) is 9.99 Å². The summed E-state index contributed by atoms with van der Waals surface area (Å²) in [7, 11) is 0. The maximum absolute atomic E-state index is 11.0. The quantitative estimate of drug-likeness (QED) is 0.842. The molecule has 0 unspecified atom stereocenters. The van der Waals surface area contributed by atoms with Crippen LogP contribution >= 0.6 is 27.5 Å². The maximum Gasteiger partial charge on any atom is 0.338 e. The first-order valence-corrected chi connectivity index (χ1v) is 5.38. The van der Waals surface area contributed by atoms with Gasteiger partial charge in [-0.25, -0.2) is 4.79 Å². The van der Waals surface area contributed by atoms with Crippen LogP contribution in [0, 0.1) is 6.92 Å². The van der Waals surface area contributed by atoms with Crippen LogP contribution in [0.3, 0.4) is 0 Å². The molecule has 0 radical (unpaired) electrons. The molecule has 0 aliphatic carbocycles. The lowest BCUT2D eigenvalue weighted by Gasteiger charge is -1.97. The summed E-state index contributed by atoms with van der Waals surface area (Å²) in [4.78, 5) is 14.0. The van der Waals surface area contributed by atoms with Crippen LogP contribution in [0.4, 0.5) is 0 Å². The first kappa shape index (κ1) is 10.5. The molecule has 78 valence electrons. The van der Waals surface area contributed by atoms with Crippen molar-refractivity contribution in [2.45, 2.75) is 6.92 Å². The summed E-state index contributed by atoms with van der Waals surface area (Å²) in [5.74, 6) is -0.947. The van der Waals surface area contributed by atoms with E-state index in [2.05, 4.69) is 20.9 Å². The molecule has 0 aliphatic heterocycles. The molecule has 1 aromatic carbocycles. The van der Waals surface area contributed by atoms with E-state index >= 15 is 0 Å². The minimum atomic E-state index is -0.947. The monoisotopic (exact) mass is 287 g/mol. The van der Waals surface area contributed by atoms with E-state index in [9.17, 15) is 4.79 Å². The number of fused-ring (bicyclic) bond motifs is 1. The average Bonchev–Trinajstić information content (AvgIpc) is 2.41. The third-order valence-corrected chi connectivity index (χ3v) is 3.44. The van der Waals surface area contributed by atoms with Gasteiger partial charge in [-0.2, -0.15) is 0 Å². The largest absolute Gasteiger partial charge is 0.478 e. The summed E-state index contributed by atoms with van der Waals surface area (Å²) < 4.78 is 0.745. The summed E-state index contributed by atoms with van der Waals surface area (Å²) in [6.45, 7) is 1.73. The van der Waals surface area contributed by atoms with E-state index < -0.39 is 5.97 Å². The van der Waals surface area contributed by atoms with E-state index in [1.807, 2.05) is 0 Å². The minimum absolute atomic E-state index is 0.277.